The third-order valence-electron chi connectivity index (χ3n) is 7.79. The number of hydrogen-bond acceptors (Lipinski definition) is 6. The van der Waals surface area contributed by atoms with Crippen LogP contribution in [0.4, 0.5) is 0 Å². The Morgan fingerprint density at radius 2 is 1.79 bits per heavy atom. The number of unbranched alkanes of at least 4 members (excludes halogenated alkanes) is 2. The number of hydrogen-bond donors (Lipinski definition) is 1. The molecule has 4 fully saturated rings. The highest BCUT2D eigenvalue weighted by molar-refractivity contribution is 5.08. The summed E-state index contributed by atoms with van der Waals surface area (Å²) in [5.74, 6) is 0.738. The van der Waals surface area contributed by atoms with Crippen molar-refractivity contribution < 1.29 is 28.8 Å². The van der Waals surface area contributed by atoms with Crippen molar-refractivity contribution in [2.45, 2.75) is 127 Å². The Bertz CT molecular complexity index is 571. The molecule has 33 heavy (non-hydrogen) atoms. The molecule has 4 aliphatic rings. The van der Waals surface area contributed by atoms with Crippen LogP contribution in [0.15, 0.2) is 12.2 Å². The molecule has 3 aliphatic heterocycles. The molecule has 3 heterocycles. The van der Waals surface area contributed by atoms with Gasteiger partial charge in [0.15, 0.2) is 12.6 Å². The summed E-state index contributed by atoms with van der Waals surface area (Å²) in [6.45, 7) is 4.04. The average Bonchev–Trinajstić information content (AvgIpc) is 3.36. The van der Waals surface area contributed by atoms with Gasteiger partial charge in [0.05, 0.1) is 24.4 Å². The van der Waals surface area contributed by atoms with Crippen molar-refractivity contribution in [2.75, 3.05) is 19.8 Å². The molecule has 0 aromatic rings. The van der Waals surface area contributed by atoms with Gasteiger partial charge in [0.2, 0.25) is 0 Å². The monoisotopic (exact) mass is 466 g/mol. The Balaban J connectivity index is 1.42. The second kappa shape index (κ2) is 13.6. The molecule has 1 saturated carbocycles. The summed E-state index contributed by atoms with van der Waals surface area (Å²) < 4.78 is 31.0. The van der Waals surface area contributed by atoms with Gasteiger partial charge in [0.1, 0.15) is 0 Å². The first-order chi connectivity index (χ1) is 16.3. The minimum absolute atomic E-state index is 0.0715. The Kier molecular flexibility index (Phi) is 10.5. The normalized spacial score (nSPS) is 38.1. The molecule has 6 nitrogen and oxygen atoms in total. The lowest BCUT2D eigenvalue weighted by Gasteiger charge is -2.30. The lowest BCUT2D eigenvalue weighted by Crippen LogP contribution is -2.31. The van der Waals surface area contributed by atoms with E-state index < -0.39 is 0 Å². The van der Waals surface area contributed by atoms with Crippen LogP contribution in [0.5, 0.6) is 0 Å². The Labute approximate surface area is 200 Å². The SMILES string of the molecule is CCCCC[C@@H](C=CC1C(OC2CCCCO2)CC2OC(CCO)CC21)OC1CCCCO1. The van der Waals surface area contributed by atoms with Gasteiger partial charge in [-0.25, -0.2) is 0 Å². The molecule has 190 valence electrons. The van der Waals surface area contributed by atoms with Gasteiger partial charge in [-0.1, -0.05) is 38.3 Å². The fourth-order valence-corrected chi connectivity index (χ4v) is 5.98. The van der Waals surface area contributed by atoms with E-state index in [0.717, 1.165) is 64.6 Å². The van der Waals surface area contributed by atoms with E-state index in [0.29, 0.717) is 11.8 Å². The van der Waals surface area contributed by atoms with E-state index in [1.165, 1.54) is 32.1 Å². The van der Waals surface area contributed by atoms with Crippen molar-refractivity contribution in [3.8, 4) is 0 Å². The van der Waals surface area contributed by atoms with Crippen LogP contribution in [0.3, 0.4) is 0 Å². The van der Waals surface area contributed by atoms with Crippen molar-refractivity contribution in [1.29, 1.82) is 0 Å². The van der Waals surface area contributed by atoms with Gasteiger partial charge in [-0.15, -0.1) is 0 Å². The summed E-state index contributed by atoms with van der Waals surface area (Å²) in [5, 5.41) is 9.40. The van der Waals surface area contributed by atoms with Crippen molar-refractivity contribution in [2.24, 2.45) is 11.8 Å². The van der Waals surface area contributed by atoms with Crippen LogP contribution in [0, 0.1) is 11.8 Å². The summed E-state index contributed by atoms with van der Waals surface area (Å²) in [6, 6.07) is 0. The molecular weight excluding hydrogens is 420 g/mol. The topological polar surface area (TPSA) is 66.4 Å². The highest BCUT2D eigenvalue weighted by Gasteiger charge is 2.49. The van der Waals surface area contributed by atoms with E-state index in [-0.39, 0.29) is 43.6 Å². The summed E-state index contributed by atoms with van der Waals surface area (Å²) >= 11 is 0. The minimum atomic E-state index is -0.0843. The molecule has 0 aromatic heterocycles. The second-order valence-electron chi connectivity index (χ2n) is 10.3. The largest absolute Gasteiger partial charge is 0.396 e. The summed E-state index contributed by atoms with van der Waals surface area (Å²) in [6.07, 6.45) is 19.0. The first-order valence-corrected chi connectivity index (χ1v) is 13.8. The summed E-state index contributed by atoms with van der Waals surface area (Å²) in [7, 11) is 0. The highest BCUT2D eigenvalue weighted by Crippen LogP contribution is 2.46. The number of aliphatic hydroxyl groups is 1. The van der Waals surface area contributed by atoms with Gasteiger partial charge < -0.3 is 28.8 Å². The van der Waals surface area contributed by atoms with Crippen LogP contribution in [0.25, 0.3) is 0 Å². The molecule has 0 amide bonds. The standard InChI is InChI=1S/C27H46O6/c1-2-3-4-9-20(32-26-10-5-7-16-29-26)12-13-22-23-18-21(14-15-28)31-25(23)19-24(22)33-27-11-6-8-17-30-27/h12-13,20-28H,2-11,14-19H2,1H3/t20-,21?,22?,23?,24?,25?,26?,27?/m0/s1. The van der Waals surface area contributed by atoms with Crippen molar-refractivity contribution in [1.82, 2.24) is 0 Å². The molecule has 1 aliphatic carbocycles. The first kappa shape index (κ1) is 25.6. The van der Waals surface area contributed by atoms with Gasteiger partial charge in [-0.3, -0.25) is 0 Å². The van der Waals surface area contributed by atoms with Gasteiger partial charge in [0.25, 0.3) is 0 Å². The fraction of sp³-hybridized carbons (Fsp3) is 0.926. The van der Waals surface area contributed by atoms with Crippen LogP contribution in [-0.2, 0) is 23.7 Å². The van der Waals surface area contributed by atoms with Crippen LogP contribution in [0.2, 0.25) is 0 Å². The Hall–Kier alpha value is -0.500. The highest BCUT2D eigenvalue weighted by atomic mass is 16.7. The number of aliphatic hydroxyl groups excluding tert-OH is 1. The zero-order valence-electron chi connectivity index (χ0n) is 20.6. The lowest BCUT2D eigenvalue weighted by molar-refractivity contribution is -0.194. The zero-order valence-corrected chi connectivity index (χ0v) is 20.6. The van der Waals surface area contributed by atoms with E-state index in [1.807, 2.05) is 0 Å². The molecule has 6 heteroatoms. The predicted molar refractivity (Wildman–Crippen MR) is 127 cm³/mol. The fourth-order valence-electron chi connectivity index (χ4n) is 5.98. The molecule has 7 unspecified atom stereocenters. The summed E-state index contributed by atoms with van der Waals surface area (Å²) in [4.78, 5) is 0. The third kappa shape index (κ3) is 7.49. The molecule has 0 bridgehead atoms. The van der Waals surface area contributed by atoms with Gasteiger partial charge in [0, 0.05) is 32.2 Å². The first-order valence-electron chi connectivity index (χ1n) is 13.8. The molecular formula is C27H46O6. The smallest absolute Gasteiger partial charge is 0.158 e. The molecule has 0 spiro atoms. The number of ether oxygens (including phenoxy) is 5. The van der Waals surface area contributed by atoms with Gasteiger partial charge in [-0.05, 0) is 63.7 Å². The van der Waals surface area contributed by atoms with Crippen molar-refractivity contribution in [3.05, 3.63) is 12.2 Å². The maximum absolute atomic E-state index is 9.40. The number of fused-ring (bicyclic) bond motifs is 1. The van der Waals surface area contributed by atoms with E-state index in [2.05, 4.69) is 19.1 Å². The minimum Gasteiger partial charge on any atom is -0.396 e. The molecule has 8 atom stereocenters. The van der Waals surface area contributed by atoms with E-state index >= 15 is 0 Å². The summed E-state index contributed by atoms with van der Waals surface area (Å²) in [5.41, 5.74) is 0. The third-order valence-corrected chi connectivity index (χ3v) is 7.79. The van der Waals surface area contributed by atoms with E-state index in [9.17, 15) is 5.11 Å². The molecule has 1 N–H and O–H groups in total. The van der Waals surface area contributed by atoms with Gasteiger partial charge in [-0.2, -0.15) is 0 Å². The molecule has 0 aromatic carbocycles. The van der Waals surface area contributed by atoms with Crippen LogP contribution in [0.1, 0.15) is 90.4 Å². The van der Waals surface area contributed by atoms with Crippen molar-refractivity contribution >= 4 is 0 Å². The lowest BCUT2D eigenvalue weighted by atomic mass is 9.89. The Morgan fingerprint density at radius 1 is 1.00 bits per heavy atom. The van der Waals surface area contributed by atoms with Gasteiger partial charge >= 0.3 is 0 Å². The quantitative estimate of drug-likeness (QED) is 0.318. The molecule has 0 radical (unpaired) electrons. The molecule has 4 rings (SSSR count). The maximum Gasteiger partial charge on any atom is 0.158 e. The van der Waals surface area contributed by atoms with E-state index in [1.54, 1.807) is 0 Å². The zero-order chi connectivity index (χ0) is 22.9. The van der Waals surface area contributed by atoms with Crippen LogP contribution >= 0.6 is 0 Å². The van der Waals surface area contributed by atoms with Crippen molar-refractivity contribution in [3.63, 3.8) is 0 Å². The van der Waals surface area contributed by atoms with Crippen LogP contribution < -0.4 is 0 Å². The predicted octanol–water partition coefficient (Wildman–Crippen LogP) is 5.12. The molecule has 3 saturated heterocycles. The van der Waals surface area contributed by atoms with E-state index in [4.69, 9.17) is 23.7 Å². The van der Waals surface area contributed by atoms with Crippen LogP contribution in [-0.4, -0.2) is 61.9 Å². The Morgan fingerprint density at radius 3 is 2.48 bits per heavy atom. The second-order valence-corrected chi connectivity index (χ2v) is 10.3. The average molecular weight is 467 g/mol. The number of rotatable bonds is 12. The maximum atomic E-state index is 9.40.